The molecule has 17 heavy (non-hydrogen) atoms. The predicted octanol–water partition coefficient (Wildman–Crippen LogP) is 2.04. The van der Waals surface area contributed by atoms with Gasteiger partial charge in [0.2, 0.25) is 0 Å². The highest BCUT2D eigenvalue weighted by molar-refractivity contribution is 9.10. The first-order valence-electron chi connectivity index (χ1n) is 5.34. The largest absolute Gasteiger partial charge is 0.275 e. The summed E-state index contributed by atoms with van der Waals surface area (Å²) in [6.45, 7) is 2.06. The molecular weight excluding hydrogens is 280 g/mol. The van der Waals surface area contributed by atoms with Gasteiger partial charge < -0.3 is 0 Å². The monoisotopic (exact) mass is 294 g/mol. The molecule has 0 aliphatic rings. The lowest BCUT2D eigenvalue weighted by atomic mass is 9.99. The maximum Gasteiger partial charge on any atom is 0.0902 e. The molecule has 5 heteroatoms. The van der Waals surface area contributed by atoms with Gasteiger partial charge in [0.1, 0.15) is 0 Å². The summed E-state index contributed by atoms with van der Waals surface area (Å²) in [5.74, 6) is 5.65. The van der Waals surface area contributed by atoms with Gasteiger partial charge in [-0.1, -0.05) is 28.1 Å². The number of aryl methyl sites for hydroxylation is 1. The van der Waals surface area contributed by atoms with Crippen LogP contribution in [-0.2, 0) is 7.05 Å². The van der Waals surface area contributed by atoms with E-state index in [0.717, 1.165) is 15.7 Å². The zero-order valence-corrected chi connectivity index (χ0v) is 11.4. The average molecular weight is 295 g/mol. The first-order chi connectivity index (χ1) is 8.13. The van der Waals surface area contributed by atoms with Crippen molar-refractivity contribution >= 4 is 15.9 Å². The molecule has 0 spiro atoms. The van der Waals surface area contributed by atoms with Crippen molar-refractivity contribution in [1.82, 2.24) is 15.2 Å². The summed E-state index contributed by atoms with van der Waals surface area (Å²) in [5, 5.41) is 4.39. The molecule has 3 N–H and O–H groups in total. The van der Waals surface area contributed by atoms with Crippen LogP contribution >= 0.6 is 15.9 Å². The Kier molecular flexibility index (Phi) is 3.61. The van der Waals surface area contributed by atoms with Crippen LogP contribution in [0.15, 0.2) is 34.9 Å². The first kappa shape index (κ1) is 12.3. The van der Waals surface area contributed by atoms with E-state index in [4.69, 9.17) is 5.84 Å². The van der Waals surface area contributed by atoms with Crippen LogP contribution in [0.25, 0.3) is 0 Å². The standard InChI is InChI=1S/C12H15BrN4/c1-8-9(4-3-5-10(8)13)12(15-14)11-6-7-17(2)16-11/h3-7,12,15H,14H2,1-2H3. The van der Waals surface area contributed by atoms with Crippen LogP contribution < -0.4 is 11.3 Å². The Morgan fingerprint density at radius 3 is 2.76 bits per heavy atom. The average Bonchev–Trinajstić information content (AvgIpc) is 2.72. The van der Waals surface area contributed by atoms with Gasteiger partial charge in [0.25, 0.3) is 0 Å². The topological polar surface area (TPSA) is 55.9 Å². The van der Waals surface area contributed by atoms with Crippen molar-refractivity contribution in [3.8, 4) is 0 Å². The summed E-state index contributed by atoms with van der Waals surface area (Å²) < 4.78 is 2.85. The van der Waals surface area contributed by atoms with Crippen LogP contribution in [0.5, 0.6) is 0 Å². The van der Waals surface area contributed by atoms with Crippen LogP contribution in [0.2, 0.25) is 0 Å². The fourth-order valence-corrected chi connectivity index (χ4v) is 2.24. The molecule has 1 heterocycles. The Labute approximate surface area is 109 Å². The molecule has 1 aromatic heterocycles. The molecule has 0 saturated heterocycles. The van der Waals surface area contributed by atoms with Gasteiger partial charge in [0, 0.05) is 17.7 Å². The lowest BCUT2D eigenvalue weighted by molar-refractivity contribution is 0.601. The van der Waals surface area contributed by atoms with Gasteiger partial charge in [-0.25, -0.2) is 5.43 Å². The van der Waals surface area contributed by atoms with Crippen molar-refractivity contribution in [3.63, 3.8) is 0 Å². The molecule has 1 atom stereocenters. The van der Waals surface area contributed by atoms with Crippen molar-refractivity contribution in [2.75, 3.05) is 0 Å². The molecule has 1 unspecified atom stereocenters. The molecule has 4 nitrogen and oxygen atoms in total. The minimum Gasteiger partial charge on any atom is -0.275 e. The van der Waals surface area contributed by atoms with Crippen molar-refractivity contribution in [2.45, 2.75) is 13.0 Å². The van der Waals surface area contributed by atoms with E-state index in [1.54, 1.807) is 4.68 Å². The summed E-state index contributed by atoms with van der Waals surface area (Å²) >= 11 is 3.53. The zero-order valence-electron chi connectivity index (χ0n) is 9.81. The van der Waals surface area contributed by atoms with E-state index in [0.29, 0.717) is 0 Å². The number of hydrazine groups is 1. The Morgan fingerprint density at radius 1 is 1.41 bits per heavy atom. The van der Waals surface area contributed by atoms with E-state index >= 15 is 0 Å². The molecule has 90 valence electrons. The summed E-state index contributed by atoms with van der Waals surface area (Å²) in [7, 11) is 1.89. The summed E-state index contributed by atoms with van der Waals surface area (Å²) in [6, 6.07) is 7.95. The number of rotatable bonds is 3. The highest BCUT2D eigenvalue weighted by Crippen LogP contribution is 2.27. The van der Waals surface area contributed by atoms with Crippen molar-refractivity contribution in [1.29, 1.82) is 0 Å². The third-order valence-corrected chi connectivity index (χ3v) is 3.68. The second-order valence-electron chi connectivity index (χ2n) is 3.97. The number of halogens is 1. The lowest BCUT2D eigenvalue weighted by Gasteiger charge is -2.17. The smallest absolute Gasteiger partial charge is 0.0902 e. The van der Waals surface area contributed by atoms with Gasteiger partial charge in [0.15, 0.2) is 0 Å². The molecular formula is C12H15BrN4. The maximum absolute atomic E-state index is 5.65. The predicted molar refractivity (Wildman–Crippen MR) is 71.3 cm³/mol. The Bertz CT molecular complexity index is 521. The number of hydrogen-bond acceptors (Lipinski definition) is 3. The molecule has 1 aromatic carbocycles. The van der Waals surface area contributed by atoms with Crippen LogP contribution in [0.3, 0.4) is 0 Å². The second-order valence-corrected chi connectivity index (χ2v) is 4.82. The molecule has 0 amide bonds. The molecule has 0 fully saturated rings. The fraction of sp³-hybridized carbons (Fsp3) is 0.250. The highest BCUT2D eigenvalue weighted by atomic mass is 79.9. The molecule has 0 aliphatic heterocycles. The summed E-state index contributed by atoms with van der Waals surface area (Å²) in [4.78, 5) is 0. The fourth-order valence-electron chi connectivity index (χ4n) is 1.86. The van der Waals surface area contributed by atoms with Gasteiger partial charge in [0.05, 0.1) is 11.7 Å². The second kappa shape index (κ2) is 5.00. The van der Waals surface area contributed by atoms with Crippen LogP contribution in [0.4, 0.5) is 0 Å². The van der Waals surface area contributed by atoms with Gasteiger partial charge in [-0.15, -0.1) is 0 Å². The summed E-state index contributed by atoms with van der Waals surface area (Å²) in [6.07, 6.45) is 1.91. The Hall–Kier alpha value is -1.17. The van der Waals surface area contributed by atoms with Crippen molar-refractivity contribution in [2.24, 2.45) is 12.9 Å². The number of nitrogens with zero attached hydrogens (tertiary/aromatic N) is 2. The van der Waals surface area contributed by atoms with E-state index < -0.39 is 0 Å². The Balaban J connectivity index is 2.45. The van der Waals surface area contributed by atoms with Gasteiger partial charge in [-0.05, 0) is 30.2 Å². The van der Waals surface area contributed by atoms with E-state index in [2.05, 4.69) is 39.4 Å². The number of benzene rings is 1. The Morgan fingerprint density at radius 2 is 2.18 bits per heavy atom. The maximum atomic E-state index is 5.65. The number of hydrogen-bond donors (Lipinski definition) is 2. The van der Waals surface area contributed by atoms with E-state index in [-0.39, 0.29) is 6.04 Å². The minimum atomic E-state index is -0.0892. The van der Waals surface area contributed by atoms with Crippen molar-refractivity contribution in [3.05, 3.63) is 51.8 Å². The number of nitrogens with one attached hydrogen (secondary N) is 1. The molecule has 2 aromatic rings. The molecule has 0 aliphatic carbocycles. The van der Waals surface area contributed by atoms with Crippen LogP contribution in [0, 0.1) is 6.92 Å². The SMILES string of the molecule is Cc1c(Br)cccc1C(NN)c1ccn(C)n1. The molecule has 0 saturated carbocycles. The highest BCUT2D eigenvalue weighted by Gasteiger charge is 2.17. The van der Waals surface area contributed by atoms with Gasteiger partial charge >= 0.3 is 0 Å². The normalized spacial score (nSPS) is 12.7. The van der Waals surface area contributed by atoms with E-state index in [1.165, 1.54) is 5.56 Å². The quantitative estimate of drug-likeness (QED) is 0.673. The lowest BCUT2D eigenvalue weighted by Crippen LogP contribution is -2.29. The van der Waals surface area contributed by atoms with E-state index in [1.807, 2.05) is 31.4 Å². The van der Waals surface area contributed by atoms with Crippen LogP contribution in [0.1, 0.15) is 22.9 Å². The van der Waals surface area contributed by atoms with Crippen molar-refractivity contribution < 1.29 is 0 Å². The molecule has 0 bridgehead atoms. The van der Waals surface area contributed by atoms with E-state index in [9.17, 15) is 0 Å². The molecule has 2 rings (SSSR count). The third kappa shape index (κ3) is 2.41. The number of aromatic nitrogens is 2. The van der Waals surface area contributed by atoms with Crippen LogP contribution in [-0.4, -0.2) is 9.78 Å². The zero-order chi connectivity index (χ0) is 12.4. The molecule has 0 radical (unpaired) electrons. The van der Waals surface area contributed by atoms with Gasteiger partial charge in [-0.3, -0.25) is 10.5 Å². The number of nitrogens with two attached hydrogens (primary N) is 1. The first-order valence-corrected chi connectivity index (χ1v) is 6.13. The summed E-state index contributed by atoms with van der Waals surface area (Å²) in [5.41, 5.74) is 6.03. The minimum absolute atomic E-state index is 0.0892. The van der Waals surface area contributed by atoms with Gasteiger partial charge in [-0.2, -0.15) is 5.10 Å². The third-order valence-electron chi connectivity index (χ3n) is 2.82.